The molecule has 0 saturated heterocycles. The summed E-state index contributed by atoms with van der Waals surface area (Å²) >= 11 is 1.52. The minimum absolute atomic E-state index is 0.0445. The molecule has 2 aromatic rings. The van der Waals surface area contributed by atoms with Gasteiger partial charge in [0.15, 0.2) is 5.82 Å². The molecule has 6 nitrogen and oxygen atoms in total. The molecule has 3 rings (SSSR count). The Morgan fingerprint density at radius 3 is 3.14 bits per heavy atom. The fourth-order valence-electron chi connectivity index (χ4n) is 2.37. The van der Waals surface area contributed by atoms with E-state index in [-0.39, 0.29) is 5.91 Å². The molecule has 1 N–H and O–H groups in total. The fourth-order valence-corrected chi connectivity index (χ4v) is 3.56. The molecule has 22 heavy (non-hydrogen) atoms. The van der Waals surface area contributed by atoms with Gasteiger partial charge in [-0.1, -0.05) is 11.2 Å². The fraction of sp³-hybridized carbons (Fsp3) is 0.400. The maximum atomic E-state index is 12.0. The van der Waals surface area contributed by atoms with Crippen LogP contribution in [-0.2, 0) is 22.6 Å². The second kappa shape index (κ2) is 6.41. The van der Waals surface area contributed by atoms with E-state index < -0.39 is 0 Å². The number of aromatic nitrogens is 2. The number of thiophene rings is 1. The first kappa shape index (κ1) is 14.9. The van der Waals surface area contributed by atoms with Gasteiger partial charge in [-0.05, 0) is 25.3 Å². The molecular weight excluding hydrogens is 302 g/mol. The second-order valence-electron chi connectivity index (χ2n) is 5.03. The van der Waals surface area contributed by atoms with Gasteiger partial charge < -0.3 is 14.6 Å². The maximum absolute atomic E-state index is 12.0. The Kier molecular flexibility index (Phi) is 4.35. The van der Waals surface area contributed by atoms with Gasteiger partial charge in [-0.3, -0.25) is 4.79 Å². The lowest BCUT2D eigenvalue weighted by atomic mass is 10.1. The van der Waals surface area contributed by atoms with E-state index in [1.54, 1.807) is 13.0 Å². The van der Waals surface area contributed by atoms with Crippen LogP contribution in [0.4, 0.5) is 5.00 Å². The van der Waals surface area contributed by atoms with E-state index in [4.69, 9.17) is 9.26 Å². The lowest BCUT2D eigenvalue weighted by Crippen LogP contribution is -2.11. The SMILES string of the molecule is C=CCCC(=O)Nc1sc2c(c1-c1nc(C)no1)CCOC2. The molecule has 2 aromatic heterocycles. The van der Waals surface area contributed by atoms with Crippen LogP contribution >= 0.6 is 11.3 Å². The highest BCUT2D eigenvalue weighted by Gasteiger charge is 2.26. The third-order valence-electron chi connectivity index (χ3n) is 3.39. The number of nitrogens with zero attached hydrogens (tertiary/aromatic N) is 2. The van der Waals surface area contributed by atoms with Crippen molar-refractivity contribution in [2.75, 3.05) is 11.9 Å². The quantitative estimate of drug-likeness (QED) is 0.857. The molecule has 7 heteroatoms. The van der Waals surface area contributed by atoms with E-state index in [0.717, 1.165) is 27.4 Å². The summed E-state index contributed by atoms with van der Waals surface area (Å²) in [7, 11) is 0. The average molecular weight is 319 g/mol. The highest BCUT2D eigenvalue weighted by atomic mass is 32.1. The smallest absolute Gasteiger partial charge is 0.261 e. The molecule has 116 valence electrons. The van der Waals surface area contributed by atoms with Crippen molar-refractivity contribution in [2.24, 2.45) is 0 Å². The zero-order valence-corrected chi connectivity index (χ0v) is 13.2. The van der Waals surface area contributed by atoms with Gasteiger partial charge in [0, 0.05) is 11.3 Å². The highest BCUT2D eigenvalue weighted by molar-refractivity contribution is 7.17. The number of carbonyl (C=O) groups is 1. The number of nitrogens with one attached hydrogen (secondary N) is 1. The molecule has 0 unspecified atom stereocenters. The minimum atomic E-state index is -0.0445. The minimum Gasteiger partial charge on any atom is -0.376 e. The molecule has 0 saturated carbocycles. The van der Waals surface area contributed by atoms with Crippen LogP contribution in [0.2, 0.25) is 0 Å². The van der Waals surface area contributed by atoms with E-state index >= 15 is 0 Å². The van der Waals surface area contributed by atoms with Crippen LogP contribution in [0.3, 0.4) is 0 Å². The van der Waals surface area contributed by atoms with Crippen LogP contribution in [0.15, 0.2) is 17.2 Å². The second-order valence-corrected chi connectivity index (χ2v) is 6.14. The molecule has 0 aliphatic carbocycles. The lowest BCUT2D eigenvalue weighted by molar-refractivity contribution is -0.116. The summed E-state index contributed by atoms with van der Waals surface area (Å²) in [5, 5.41) is 7.57. The molecule has 1 aliphatic heterocycles. The van der Waals surface area contributed by atoms with Crippen molar-refractivity contribution in [3.05, 3.63) is 28.9 Å². The van der Waals surface area contributed by atoms with E-state index in [2.05, 4.69) is 22.0 Å². The largest absolute Gasteiger partial charge is 0.376 e. The molecule has 0 atom stereocenters. The summed E-state index contributed by atoms with van der Waals surface area (Å²) in [6, 6.07) is 0. The highest BCUT2D eigenvalue weighted by Crippen LogP contribution is 2.42. The Morgan fingerprint density at radius 2 is 2.41 bits per heavy atom. The molecule has 1 aliphatic rings. The van der Waals surface area contributed by atoms with Crippen LogP contribution in [0.5, 0.6) is 0 Å². The van der Waals surface area contributed by atoms with Crippen LogP contribution in [0, 0.1) is 6.92 Å². The standard InChI is InChI=1S/C15H17N3O3S/c1-3-4-5-12(19)17-15-13(14-16-9(2)18-21-14)10-6-7-20-8-11(10)22-15/h3H,1,4-8H2,2H3,(H,17,19). The predicted molar refractivity (Wildman–Crippen MR) is 83.8 cm³/mol. The van der Waals surface area contributed by atoms with Gasteiger partial charge in [0.2, 0.25) is 5.91 Å². The first-order valence-corrected chi connectivity index (χ1v) is 7.94. The molecule has 0 fully saturated rings. The monoisotopic (exact) mass is 319 g/mol. The van der Waals surface area contributed by atoms with Crippen molar-refractivity contribution >= 4 is 22.2 Å². The molecule has 0 bridgehead atoms. The Labute approximate surface area is 132 Å². The van der Waals surface area contributed by atoms with Gasteiger partial charge in [-0.15, -0.1) is 17.9 Å². The normalized spacial score (nSPS) is 13.7. The topological polar surface area (TPSA) is 77.3 Å². The van der Waals surface area contributed by atoms with E-state index in [9.17, 15) is 4.79 Å². The van der Waals surface area contributed by atoms with Crippen LogP contribution in [0.25, 0.3) is 11.5 Å². The van der Waals surface area contributed by atoms with E-state index in [1.165, 1.54) is 11.3 Å². The summed E-state index contributed by atoms with van der Waals surface area (Å²) in [5.41, 5.74) is 1.98. The number of hydrogen-bond acceptors (Lipinski definition) is 6. The van der Waals surface area contributed by atoms with E-state index in [0.29, 0.717) is 37.8 Å². The molecular formula is C15H17N3O3S. The van der Waals surface area contributed by atoms with Gasteiger partial charge in [0.05, 0.1) is 18.8 Å². The van der Waals surface area contributed by atoms with E-state index in [1.807, 2.05) is 0 Å². The zero-order chi connectivity index (χ0) is 15.5. The van der Waals surface area contributed by atoms with Crippen LogP contribution in [0.1, 0.15) is 29.1 Å². The Bertz CT molecular complexity index is 705. The van der Waals surface area contributed by atoms with Gasteiger partial charge in [0.1, 0.15) is 5.00 Å². The molecule has 0 aromatic carbocycles. The molecule has 1 amide bonds. The van der Waals surface area contributed by atoms with Gasteiger partial charge in [-0.2, -0.15) is 4.98 Å². The third-order valence-corrected chi connectivity index (χ3v) is 4.51. The van der Waals surface area contributed by atoms with Crippen molar-refractivity contribution in [1.82, 2.24) is 10.1 Å². The lowest BCUT2D eigenvalue weighted by Gasteiger charge is -2.12. The van der Waals surface area contributed by atoms with Gasteiger partial charge >= 0.3 is 0 Å². The number of rotatable bonds is 5. The number of hydrogen-bond donors (Lipinski definition) is 1. The van der Waals surface area contributed by atoms with Crippen LogP contribution < -0.4 is 5.32 Å². The number of aryl methyl sites for hydroxylation is 1. The number of allylic oxidation sites excluding steroid dienone is 1. The van der Waals surface area contributed by atoms with Crippen LogP contribution in [-0.4, -0.2) is 22.7 Å². The van der Waals surface area contributed by atoms with Crippen molar-refractivity contribution in [3.63, 3.8) is 0 Å². The number of amides is 1. The predicted octanol–water partition coefficient (Wildman–Crippen LogP) is 3.08. The van der Waals surface area contributed by atoms with Crippen molar-refractivity contribution in [1.29, 1.82) is 0 Å². The van der Waals surface area contributed by atoms with Crippen molar-refractivity contribution in [3.8, 4) is 11.5 Å². The number of anilines is 1. The Morgan fingerprint density at radius 1 is 1.55 bits per heavy atom. The summed E-state index contributed by atoms with van der Waals surface area (Å²) in [6.45, 7) is 6.63. The van der Waals surface area contributed by atoms with Crippen molar-refractivity contribution in [2.45, 2.75) is 32.8 Å². The number of ether oxygens (including phenoxy) is 1. The first-order valence-electron chi connectivity index (χ1n) is 7.12. The molecule has 3 heterocycles. The first-order chi connectivity index (χ1) is 10.7. The summed E-state index contributed by atoms with van der Waals surface area (Å²) in [6.07, 6.45) is 3.57. The number of carbonyl (C=O) groups excluding carboxylic acids is 1. The number of fused-ring (bicyclic) bond motifs is 1. The van der Waals surface area contributed by atoms with Gasteiger partial charge in [0.25, 0.3) is 5.89 Å². The summed E-state index contributed by atoms with van der Waals surface area (Å²) < 4.78 is 10.8. The third kappa shape index (κ3) is 2.95. The molecule has 0 radical (unpaired) electrons. The summed E-state index contributed by atoms with van der Waals surface area (Å²) in [4.78, 5) is 17.4. The van der Waals surface area contributed by atoms with Gasteiger partial charge in [-0.25, -0.2) is 0 Å². The summed E-state index contributed by atoms with van der Waals surface area (Å²) in [5.74, 6) is 0.985. The molecule has 0 spiro atoms. The maximum Gasteiger partial charge on any atom is 0.261 e. The Balaban J connectivity index is 1.96. The zero-order valence-electron chi connectivity index (χ0n) is 12.3. The average Bonchev–Trinajstić information content (AvgIpc) is 3.08. The Hall–Kier alpha value is -1.99. The van der Waals surface area contributed by atoms with Crippen molar-refractivity contribution < 1.29 is 14.1 Å².